The lowest BCUT2D eigenvalue weighted by Gasteiger charge is -2.07. The number of halogens is 5. The second-order valence-corrected chi connectivity index (χ2v) is 7.65. The zero-order valence-corrected chi connectivity index (χ0v) is 16.1. The highest BCUT2D eigenvalue weighted by Crippen LogP contribution is 2.45. The number of aromatic nitrogens is 2. The number of hydrogen-bond acceptors (Lipinski definition) is 4. The van der Waals surface area contributed by atoms with E-state index in [0.29, 0.717) is 32.5 Å². The molecule has 0 unspecified atom stereocenters. The van der Waals surface area contributed by atoms with Crippen LogP contribution in [0.15, 0.2) is 59.0 Å². The molecule has 2 aromatic carbocycles. The Labute approximate surface area is 171 Å². The SMILES string of the molecule is FC(F)(F)c1sc(-c2nnc(-c3ccc(Cl)cc3Cl)o2)cc1-c1ccccc1. The molecule has 0 aliphatic heterocycles. The molecule has 142 valence electrons. The van der Waals surface area contributed by atoms with Gasteiger partial charge in [-0.15, -0.1) is 21.5 Å². The Balaban J connectivity index is 1.78. The van der Waals surface area contributed by atoms with Crippen LogP contribution in [0.3, 0.4) is 0 Å². The lowest BCUT2D eigenvalue weighted by Crippen LogP contribution is -2.03. The first kappa shape index (κ1) is 19.0. The van der Waals surface area contributed by atoms with Crippen molar-refractivity contribution in [3.63, 3.8) is 0 Å². The van der Waals surface area contributed by atoms with Gasteiger partial charge in [-0.3, -0.25) is 0 Å². The third kappa shape index (κ3) is 3.65. The van der Waals surface area contributed by atoms with Gasteiger partial charge < -0.3 is 4.42 Å². The normalized spacial score (nSPS) is 11.8. The first-order valence-electron chi connectivity index (χ1n) is 7.88. The van der Waals surface area contributed by atoms with Crippen molar-refractivity contribution in [2.45, 2.75) is 6.18 Å². The van der Waals surface area contributed by atoms with Gasteiger partial charge in [0.25, 0.3) is 5.89 Å². The Morgan fingerprint density at radius 1 is 0.857 bits per heavy atom. The molecule has 9 heteroatoms. The van der Waals surface area contributed by atoms with E-state index < -0.39 is 11.1 Å². The van der Waals surface area contributed by atoms with Crippen molar-refractivity contribution in [1.29, 1.82) is 0 Å². The summed E-state index contributed by atoms with van der Waals surface area (Å²) >= 11 is 12.6. The van der Waals surface area contributed by atoms with Gasteiger partial charge >= 0.3 is 6.18 Å². The highest BCUT2D eigenvalue weighted by molar-refractivity contribution is 7.16. The quantitative estimate of drug-likeness (QED) is 0.331. The maximum absolute atomic E-state index is 13.5. The number of nitrogens with zero attached hydrogens (tertiary/aromatic N) is 2. The average Bonchev–Trinajstić information content (AvgIpc) is 3.29. The van der Waals surface area contributed by atoms with Gasteiger partial charge in [0.2, 0.25) is 5.89 Å². The Hall–Kier alpha value is -2.35. The monoisotopic (exact) mass is 440 g/mol. The molecule has 2 aromatic heterocycles. The highest BCUT2D eigenvalue weighted by Gasteiger charge is 2.37. The molecular weight excluding hydrogens is 432 g/mol. The molecule has 2 heterocycles. The molecule has 0 fully saturated rings. The molecule has 0 atom stereocenters. The Bertz CT molecular complexity index is 1140. The van der Waals surface area contributed by atoms with Crippen LogP contribution >= 0.6 is 34.5 Å². The van der Waals surface area contributed by atoms with Crippen molar-refractivity contribution in [2.75, 3.05) is 0 Å². The number of rotatable bonds is 3. The third-order valence-electron chi connectivity index (χ3n) is 3.87. The maximum Gasteiger partial charge on any atom is 0.426 e. The Morgan fingerprint density at radius 3 is 2.25 bits per heavy atom. The summed E-state index contributed by atoms with van der Waals surface area (Å²) < 4.78 is 46.2. The molecule has 0 N–H and O–H groups in total. The molecule has 4 rings (SSSR count). The summed E-state index contributed by atoms with van der Waals surface area (Å²) in [6.45, 7) is 0. The van der Waals surface area contributed by atoms with Crippen LogP contribution < -0.4 is 0 Å². The van der Waals surface area contributed by atoms with Crippen molar-refractivity contribution in [3.8, 4) is 33.3 Å². The van der Waals surface area contributed by atoms with Crippen LogP contribution in [0.1, 0.15) is 4.88 Å². The number of alkyl halides is 3. The summed E-state index contributed by atoms with van der Waals surface area (Å²) in [5, 5.41) is 8.54. The van der Waals surface area contributed by atoms with Gasteiger partial charge in [0.1, 0.15) is 4.88 Å². The largest absolute Gasteiger partial charge is 0.426 e. The van der Waals surface area contributed by atoms with Crippen LogP contribution in [0.5, 0.6) is 0 Å². The summed E-state index contributed by atoms with van der Waals surface area (Å²) in [6, 6.07) is 14.5. The zero-order valence-electron chi connectivity index (χ0n) is 13.8. The minimum absolute atomic E-state index is 0.0151. The van der Waals surface area contributed by atoms with Crippen molar-refractivity contribution in [1.82, 2.24) is 10.2 Å². The molecule has 4 aromatic rings. The van der Waals surface area contributed by atoms with Crippen molar-refractivity contribution in [2.24, 2.45) is 0 Å². The molecule has 0 radical (unpaired) electrons. The molecule has 0 aliphatic carbocycles. The summed E-state index contributed by atoms with van der Waals surface area (Å²) in [5.41, 5.74) is 0.968. The van der Waals surface area contributed by atoms with E-state index in [1.165, 1.54) is 12.1 Å². The molecule has 0 amide bonds. The van der Waals surface area contributed by atoms with E-state index in [0.717, 1.165) is 0 Å². The predicted octanol–water partition coefficient (Wildman–Crippen LogP) is 7.46. The summed E-state index contributed by atoms with van der Waals surface area (Å²) in [4.78, 5) is -0.506. The van der Waals surface area contributed by atoms with Crippen molar-refractivity contribution < 1.29 is 17.6 Å². The lowest BCUT2D eigenvalue weighted by molar-refractivity contribution is -0.133. The summed E-state index contributed by atoms with van der Waals surface area (Å²) in [5.74, 6) is 0.0820. The topological polar surface area (TPSA) is 38.9 Å². The van der Waals surface area contributed by atoms with Gasteiger partial charge in [0, 0.05) is 10.6 Å². The van der Waals surface area contributed by atoms with E-state index in [1.54, 1.807) is 42.5 Å². The first-order valence-corrected chi connectivity index (χ1v) is 9.46. The van der Waals surface area contributed by atoms with E-state index in [4.69, 9.17) is 27.6 Å². The van der Waals surface area contributed by atoms with Gasteiger partial charge in [0.05, 0.1) is 15.5 Å². The van der Waals surface area contributed by atoms with Crippen LogP contribution in [0.4, 0.5) is 13.2 Å². The third-order valence-corrected chi connectivity index (χ3v) is 5.59. The molecule has 3 nitrogen and oxygen atoms in total. The number of thiophene rings is 1. The number of hydrogen-bond donors (Lipinski definition) is 0. The molecule has 28 heavy (non-hydrogen) atoms. The van der Waals surface area contributed by atoms with Crippen LogP contribution in [0.2, 0.25) is 10.0 Å². The van der Waals surface area contributed by atoms with E-state index in [2.05, 4.69) is 10.2 Å². The second kappa shape index (κ2) is 7.24. The van der Waals surface area contributed by atoms with Gasteiger partial charge in [-0.1, -0.05) is 53.5 Å². The van der Waals surface area contributed by atoms with Crippen LogP contribution in [-0.2, 0) is 6.18 Å². The second-order valence-electron chi connectivity index (χ2n) is 5.75. The minimum atomic E-state index is -4.50. The highest BCUT2D eigenvalue weighted by atomic mass is 35.5. The standard InChI is InChI=1S/C19H9Cl2F3N2OS/c20-11-6-7-12(14(21)8-11)17-25-26-18(27-17)15-9-13(10-4-2-1-3-5-10)16(28-15)19(22,23)24/h1-9H. The summed E-state index contributed by atoms with van der Waals surface area (Å²) in [6.07, 6.45) is -4.50. The lowest BCUT2D eigenvalue weighted by atomic mass is 10.1. The van der Waals surface area contributed by atoms with E-state index in [-0.39, 0.29) is 22.2 Å². The molecule has 0 spiro atoms. The molecule has 0 aliphatic rings. The van der Waals surface area contributed by atoms with E-state index >= 15 is 0 Å². The predicted molar refractivity (Wildman–Crippen MR) is 104 cm³/mol. The molecule has 0 saturated carbocycles. The van der Waals surface area contributed by atoms with Crippen LogP contribution in [0.25, 0.3) is 33.3 Å². The Kier molecular flexibility index (Phi) is 4.91. The smallest absolute Gasteiger partial charge is 0.415 e. The maximum atomic E-state index is 13.5. The fourth-order valence-electron chi connectivity index (χ4n) is 2.63. The van der Waals surface area contributed by atoms with E-state index in [9.17, 15) is 13.2 Å². The fourth-order valence-corrected chi connectivity index (χ4v) is 4.09. The molecule has 0 bridgehead atoms. The van der Waals surface area contributed by atoms with Crippen LogP contribution in [-0.4, -0.2) is 10.2 Å². The minimum Gasteiger partial charge on any atom is -0.415 e. The van der Waals surface area contributed by atoms with Crippen molar-refractivity contribution in [3.05, 3.63) is 69.5 Å². The number of benzene rings is 2. The summed E-state index contributed by atoms with van der Waals surface area (Å²) in [7, 11) is 0. The van der Waals surface area contributed by atoms with Crippen molar-refractivity contribution >= 4 is 34.5 Å². The zero-order chi connectivity index (χ0) is 19.9. The first-order chi connectivity index (χ1) is 13.3. The molecule has 0 saturated heterocycles. The van der Waals surface area contributed by atoms with Gasteiger partial charge in [-0.05, 0) is 29.8 Å². The Morgan fingerprint density at radius 2 is 1.57 bits per heavy atom. The van der Waals surface area contributed by atoms with Gasteiger partial charge in [-0.25, -0.2) is 0 Å². The molecular formula is C19H9Cl2F3N2OS. The van der Waals surface area contributed by atoms with Crippen LogP contribution in [0, 0.1) is 0 Å². The fraction of sp³-hybridized carbons (Fsp3) is 0.0526. The average molecular weight is 441 g/mol. The van der Waals surface area contributed by atoms with Gasteiger partial charge in [0.15, 0.2) is 0 Å². The van der Waals surface area contributed by atoms with E-state index in [1.807, 2.05) is 0 Å². The van der Waals surface area contributed by atoms with Gasteiger partial charge in [-0.2, -0.15) is 13.2 Å².